The van der Waals surface area contributed by atoms with Crippen molar-refractivity contribution >= 4 is 16.9 Å². The number of rotatable bonds is 3. The summed E-state index contributed by atoms with van der Waals surface area (Å²) in [5, 5.41) is 1.13. The van der Waals surface area contributed by atoms with Gasteiger partial charge < -0.3 is 15.0 Å². The first-order valence-electron chi connectivity index (χ1n) is 5.50. The van der Waals surface area contributed by atoms with Gasteiger partial charge in [-0.2, -0.15) is 0 Å². The fraction of sp³-hybridized carbons (Fsp3) is 0.308. The number of carbonyl (C=O) groups is 1. The Morgan fingerprint density at radius 3 is 2.88 bits per heavy atom. The summed E-state index contributed by atoms with van der Waals surface area (Å²) < 4.78 is 6.67. The number of hydrogen-bond donors (Lipinski definition) is 1. The van der Waals surface area contributed by atoms with E-state index in [1.807, 2.05) is 42.1 Å². The first-order chi connectivity index (χ1) is 8.13. The van der Waals surface area contributed by atoms with Crippen LogP contribution in [0.25, 0.3) is 10.9 Å². The van der Waals surface area contributed by atoms with Gasteiger partial charge in [0.15, 0.2) is 0 Å². The van der Waals surface area contributed by atoms with Crippen LogP contribution in [0.15, 0.2) is 30.5 Å². The zero-order valence-electron chi connectivity index (χ0n) is 10.0. The van der Waals surface area contributed by atoms with E-state index in [1.165, 1.54) is 7.11 Å². The van der Waals surface area contributed by atoms with E-state index < -0.39 is 6.04 Å². The molecule has 1 heterocycles. The number of esters is 1. The second-order valence-corrected chi connectivity index (χ2v) is 4.12. The Morgan fingerprint density at radius 1 is 1.47 bits per heavy atom. The minimum Gasteiger partial charge on any atom is -0.468 e. The van der Waals surface area contributed by atoms with E-state index in [9.17, 15) is 4.79 Å². The van der Waals surface area contributed by atoms with Crippen LogP contribution < -0.4 is 5.73 Å². The van der Waals surface area contributed by atoms with Crippen LogP contribution >= 0.6 is 0 Å². The van der Waals surface area contributed by atoms with Gasteiger partial charge in [0.05, 0.1) is 7.11 Å². The number of aromatic nitrogens is 1. The number of nitrogens with zero attached hydrogens (tertiary/aromatic N) is 1. The maximum Gasteiger partial charge on any atom is 0.322 e. The Kier molecular flexibility index (Phi) is 3.15. The largest absolute Gasteiger partial charge is 0.468 e. The topological polar surface area (TPSA) is 57.2 Å². The van der Waals surface area contributed by atoms with Crippen molar-refractivity contribution in [3.63, 3.8) is 0 Å². The summed E-state index contributed by atoms with van der Waals surface area (Å²) in [6.07, 6.45) is 2.50. The zero-order chi connectivity index (χ0) is 12.4. The maximum atomic E-state index is 11.3. The van der Waals surface area contributed by atoms with Gasteiger partial charge >= 0.3 is 5.97 Å². The molecular weight excluding hydrogens is 216 g/mol. The van der Waals surface area contributed by atoms with Gasteiger partial charge in [0.25, 0.3) is 0 Å². The quantitative estimate of drug-likeness (QED) is 0.809. The molecule has 2 aromatic rings. The predicted octanol–water partition coefficient (Wildman–Crippen LogP) is 1.22. The summed E-state index contributed by atoms with van der Waals surface area (Å²) in [6.45, 7) is 0. The Morgan fingerprint density at radius 2 is 2.18 bits per heavy atom. The smallest absolute Gasteiger partial charge is 0.322 e. The zero-order valence-corrected chi connectivity index (χ0v) is 10.0. The van der Waals surface area contributed by atoms with Crippen molar-refractivity contribution in [2.75, 3.05) is 7.11 Å². The SMILES string of the molecule is COC(=O)C(N)Cc1cn(C)c2ccccc12. The average Bonchev–Trinajstić information content (AvgIpc) is 2.66. The molecule has 0 saturated heterocycles. The number of hydrogen-bond acceptors (Lipinski definition) is 3. The number of carbonyl (C=O) groups excluding carboxylic acids is 1. The molecule has 1 aromatic heterocycles. The number of para-hydroxylation sites is 1. The molecular formula is C13H16N2O2. The highest BCUT2D eigenvalue weighted by molar-refractivity contribution is 5.85. The van der Waals surface area contributed by atoms with Crippen molar-refractivity contribution in [3.8, 4) is 0 Å². The lowest BCUT2D eigenvalue weighted by atomic mass is 10.1. The van der Waals surface area contributed by atoms with Crippen LogP contribution in [0.3, 0.4) is 0 Å². The monoisotopic (exact) mass is 232 g/mol. The lowest BCUT2D eigenvalue weighted by Gasteiger charge is -2.07. The fourth-order valence-electron chi connectivity index (χ4n) is 2.06. The summed E-state index contributed by atoms with van der Waals surface area (Å²) >= 11 is 0. The molecule has 0 spiro atoms. The Balaban J connectivity index is 2.33. The molecule has 0 aliphatic heterocycles. The van der Waals surface area contributed by atoms with Crippen LogP contribution in [0, 0.1) is 0 Å². The molecule has 1 aromatic carbocycles. The summed E-state index contributed by atoms with van der Waals surface area (Å²) in [6, 6.07) is 7.45. The molecule has 0 saturated carbocycles. The standard InChI is InChI=1S/C13H16N2O2/c1-15-8-9(7-11(14)13(16)17-2)10-5-3-4-6-12(10)15/h3-6,8,11H,7,14H2,1-2H3. The van der Waals surface area contributed by atoms with Crippen molar-refractivity contribution in [2.24, 2.45) is 12.8 Å². The third kappa shape index (κ3) is 2.17. The van der Waals surface area contributed by atoms with Crippen LogP contribution in [0.2, 0.25) is 0 Å². The third-order valence-electron chi connectivity index (χ3n) is 2.92. The van der Waals surface area contributed by atoms with Gasteiger partial charge in [-0.3, -0.25) is 4.79 Å². The normalized spacial score (nSPS) is 12.6. The number of nitrogens with two attached hydrogens (primary N) is 1. The lowest BCUT2D eigenvalue weighted by molar-refractivity contribution is -0.142. The van der Waals surface area contributed by atoms with Gasteiger partial charge in [-0.1, -0.05) is 18.2 Å². The summed E-state index contributed by atoms with van der Waals surface area (Å²) in [5.74, 6) is -0.377. The van der Waals surface area contributed by atoms with E-state index in [2.05, 4.69) is 4.74 Å². The van der Waals surface area contributed by atoms with Crippen molar-refractivity contribution in [1.82, 2.24) is 4.57 Å². The highest BCUT2D eigenvalue weighted by atomic mass is 16.5. The van der Waals surface area contributed by atoms with Crippen LogP contribution in [0.5, 0.6) is 0 Å². The maximum absolute atomic E-state index is 11.3. The molecule has 1 atom stereocenters. The van der Waals surface area contributed by atoms with Crippen molar-refractivity contribution in [1.29, 1.82) is 0 Å². The van der Waals surface area contributed by atoms with Gasteiger partial charge in [0.1, 0.15) is 6.04 Å². The molecule has 90 valence electrons. The third-order valence-corrected chi connectivity index (χ3v) is 2.92. The molecule has 0 aliphatic carbocycles. The molecule has 4 nitrogen and oxygen atoms in total. The second kappa shape index (κ2) is 4.59. The van der Waals surface area contributed by atoms with E-state index in [4.69, 9.17) is 5.73 Å². The number of ether oxygens (including phenoxy) is 1. The molecule has 4 heteroatoms. The number of aryl methyl sites for hydroxylation is 1. The van der Waals surface area contributed by atoms with Gasteiger partial charge in [-0.05, 0) is 11.6 Å². The molecule has 0 fully saturated rings. The minimum absolute atomic E-state index is 0.377. The van der Waals surface area contributed by atoms with Crippen molar-refractivity contribution in [3.05, 3.63) is 36.0 Å². The number of methoxy groups -OCH3 is 1. The lowest BCUT2D eigenvalue weighted by Crippen LogP contribution is -2.33. The molecule has 17 heavy (non-hydrogen) atoms. The average molecular weight is 232 g/mol. The highest BCUT2D eigenvalue weighted by Crippen LogP contribution is 2.21. The van der Waals surface area contributed by atoms with Crippen LogP contribution in [-0.4, -0.2) is 23.7 Å². The molecule has 0 radical (unpaired) electrons. The van der Waals surface area contributed by atoms with E-state index in [1.54, 1.807) is 0 Å². The van der Waals surface area contributed by atoms with Gasteiger partial charge in [0, 0.05) is 30.6 Å². The molecule has 1 unspecified atom stereocenters. The van der Waals surface area contributed by atoms with Crippen LogP contribution in [0.1, 0.15) is 5.56 Å². The van der Waals surface area contributed by atoms with E-state index >= 15 is 0 Å². The Bertz CT molecular complexity index is 545. The highest BCUT2D eigenvalue weighted by Gasteiger charge is 2.16. The van der Waals surface area contributed by atoms with Crippen molar-refractivity contribution < 1.29 is 9.53 Å². The summed E-state index contributed by atoms with van der Waals surface area (Å²) in [4.78, 5) is 11.3. The van der Waals surface area contributed by atoms with Crippen LogP contribution in [0.4, 0.5) is 0 Å². The Labute approximate surface area is 100.0 Å². The van der Waals surface area contributed by atoms with Gasteiger partial charge in [-0.15, -0.1) is 0 Å². The van der Waals surface area contributed by atoms with E-state index in [-0.39, 0.29) is 5.97 Å². The predicted molar refractivity (Wildman–Crippen MR) is 66.6 cm³/mol. The number of benzene rings is 1. The Hall–Kier alpha value is -1.81. The second-order valence-electron chi connectivity index (χ2n) is 4.12. The minimum atomic E-state index is -0.606. The first kappa shape index (κ1) is 11.7. The molecule has 0 bridgehead atoms. The molecule has 2 N–H and O–H groups in total. The van der Waals surface area contributed by atoms with Gasteiger partial charge in [-0.25, -0.2) is 0 Å². The summed E-state index contributed by atoms with van der Waals surface area (Å²) in [7, 11) is 3.33. The van der Waals surface area contributed by atoms with E-state index in [0.717, 1.165) is 16.5 Å². The van der Waals surface area contributed by atoms with Gasteiger partial charge in [0.2, 0.25) is 0 Å². The van der Waals surface area contributed by atoms with Crippen molar-refractivity contribution in [2.45, 2.75) is 12.5 Å². The fourth-order valence-corrected chi connectivity index (χ4v) is 2.06. The molecule has 0 amide bonds. The summed E-state index contributed by atoms with van der Waals surface area (Å²) in [5.41, 5.74) is 7.99. The van der Waals surface area contributed by atoms with Crippen LogP contribution in [-0.2, 0) is 23.0 Å². The first-order valence-corrected chi connectivity index (χ1v) is 5.50. The number of fused-ring (bicyclic) bond motifs is 1. The molecule has 0 aliphatic rings. The molecule has 2 rings (SSSR count). The van der Waals surface area contributed by atoms with E-state index in [0.29, 0.717) is 6.42 Å².